The molecule has 0 aliphatic heterocycles. The van der Waals surface area contributed by atoms with E-state index in [-0.39, 0.29) is 30.5 Å². The number of aromatic nitrogens is 1. The minimum Gasteiger partial charge on any atom is -0.457 e. The number of hydrogen-bond donors (Lipinski definition) is 1. The van der Waals surface area contributed by atoms with Crippen LogP contribution in [0.15, 0.2) is 30.3 Å². The van der Waals surface area contributed by atoms with Crippen molar-refractivity contribution in [1.82, 2.24) is 4.98 Å². The van der Waals surface area contributed by atoms with Crippen LogP contribution in [0.1, 0.15) is 63.9 Å². The molecule has 5 nitrogen and oxygen atoms in total. The topological polar surface area (TPSA) is 76.2 Å². The third-order valence-electron chi connectivity index (χ3n) is 4.27. The van der Waals surface area contributed by atoms with Crippen molar-refractivity contribution >= 4 is 17.5 Å². The average Bonchev–Trinajstić information content (AvgIpc) is 2.88. The summed E-state index contributed by atoms with van der Waals surface area (Å²) in [5.74, 6) is -0.840. The molecule has 0 saturated heterocycles. The van der Waals surface area contributed by atoms with Crippen LogP contribution in [0, 0.1) is 13.8 Å². The molecule has 0 saturated carbocycles. The number of carbonyl (C=O) groups excluding carboxylic acids is 3. The van der Waals surface area contributed by atoms with Crippen molar-refractivity contribution in [3.8, 4) is 0 Å². The number of Topliss-reactive ketones (excluding diaryl/α,β-unsaturated/α-hetero) is 2. The van der Waals surface area contributed by atoms with Gasteiger partial charge in [0.2, 0.25) is 5.78 Å². The van der Waals surface area contributed by atoms with Crippen LogP contribution < -0.4 is 0 Å². The van der Waals surface area contributed by atoms with E-state index in [0.29, 0.717) is 22.5 Å². The second-order valence-electron chi connectivity index (χ2n) is 6.28. The highest BCUT2D eigenvalue weighted by atomic mass is 16.5. The van der Waals surface area contributed by atoms with E-state index in [1.165, 1.54) is 6.92 Å². The molecule has 0 fully saturated rings. The molecule has 132 valence electrons. The summed E-state index contributed by atoms with van der Waals surface area (Å²) in [7, 11) is 0. The van der Waals surface area contributed by atoms with Crippen LogP contribution >= 0.6 is 0 Å². The van der Waals surface area contributed by atoms with Crippen LogP contribution in [0.25, 0.3) is 0 Å². The van der Waals surface area contributed by atoms with Gasteiger partial charge in [-0.3, -0.25) is 14.4 Å². The van der Waals surface area contributed by atoms with Crippen LogP contribution in [0.5, 0.6) is 0 Å². The molecule has 2 rings (SSSR count). The lowest BCUT2D eigenvalue weighted by atomic mass is 9.98. The quantitative estimate of drug-likeness (QED) is 0.614. The zero-order valence-corrected chi connectivity index (χ0v) is 15.0. The van der Waals surface area contributed by atoms with Crippen LogP contribution in [-0.4, -0.2) is 29.1 Å². The maximum absolute atomic E-state index is 12.3. The van der Waals surface area contributed by atoms with Gasteiger partial charge in [0.25, 0.3) is 0 Å². The molecule has 0 spiro atoms. The number of aryl methyl sites for hydroxylation is 1. The summed E-state index contributed by atoms with van der Waals surface area (Å²) in [5.41, 5.74) is 3.15. The number of ketones is 2. The summed E-state index contributed by atoms with van der Waals surface area (Å²) < 4.78 is 5.12. The molecule has 1 aromatic heterocycles. The van der Waals surface area contributed by atoms with Gasteiger partial charge in [0.05, 0.1) is 12.1 Å². The second-order valence-corrected chi connectivity index (χ2v) is 6.28. The standard InChI is InChI=1S/C20H23NO4/c1-12(16-8-6-5-7-9-16)10-18(24)25-11-17(23)20-13(2)19(15(4)22)14(3)21-20/h5-9,12,21H,10-11H2,1-4H3/t12-/m1/s1. The highest BCUT2D eigenvalue weighted by Crippen LogP contribution is 2.20. The van der Waals surface area contributed by atoms with Crippen molar-refractivity contribution in [1.29, 1.82) is 0 Å². The highest BCUT2D eigenvalue weighted by molar-refractivity contribution is 6.04. The van der Waals surface area contributed by atoms with Gasteiger partial charge in [-0.1, -0.05) is 37.3 Å². The van der Waals surface area contributed by atoms with Crippen molar-refractivity contribution in [3.05, 3.63) is 58.4 Å². The summed E-state index contributed by atoms with van der Waals surface area (Å²) in [6.45, 7) is 6.53. The van der Waals surface area contributed by atoms with Gasteiger partial charge in [-0.05, 0) is 37.8 Å². The summed E-state index contributed by atoms with van der Waals surface area (Å²) >= 11 is 0. The van der Waals surface area contributed by atoms with Crippen molar-refractivity contribution in [2.24, 2.45) is 0 Å². The van der Waals surface area contributed by atoms with Gasteiger partial charge in [-0.15, -0.1) is 0 Å². The molecular weight excluding hydrogens is 318 g/mol. The third-order valence-corrected chi connectivity index (χ3v) is 4.27. The minimum absolute atomic E-state index is 0.0163. The van der Waals surface area contributed by atoms with Crippen molar-refractivity contribution < 1.29 is 19.1 Å². The van der Waals surface area contributed by atoms with E-state index in [2.05, 4.69) is 4.98 Å². The summed E-state index contributed by atoms with van der Waals surface area (Å²) in [6, 6.07) is 9.67. The zero-order chi connectivity index (χ0) is 18.6. The predicted molar refractivity (Wildman–Crippen MR) is 95.0 cm³/mol. The molecule has 25 heavy (non-hydrogen) atoms. The number of H-pyrrole nitrogens is 1. The Morgan fingerprint density at radius 2 is 1.76 bits per heavy atom. The molecule has 1 N–H and O–H groups in total. The number of rotatable bonds is 7. The van der Waals surface area contributed by atoms with Crippen LogP contribution in [-0.2, 0) is 9.53 Å². The Kier molecular flexibility index (Phi) is 5.91. The summed E-state index contributed by atoms with van der Waals surface area (Å²) in [6.07, 6.45) is 0.207. The first-order valence-corrected chi connectivity index (χ1v) is 8.25. The summed E-state index contributed by atoms with van der Waals surface area (Å²) in [5, 5.41) is 0. The first-order valence-electron chi connectivity index (χ1n) is 8.25. The molecule has 1 heterocycles. The number of aromatic amines is 1. The van der Waals surface area contributed by atoms with Gasteiger partial charge in [0, 0.05) is 11.3 Å². The molecule has 0 amide bonds. The number of nitrogens with one attached hydrogen (secondary N) is 1. The number of esters is 1. The van der Waals surface area contributed by atoms with Gasteiger partial charge in [-0.25, -0.2) is 0 Å². The first-order chi connectivity index (χ1) is 11.8. The molecule has 1 aromatic carbocycles. The van der Waals surface area contributed by atoms with E-state index in [0.717, 1.165) is 5.56 Å². The molecule has 1 atom stereocenters. The van der Waals surface area contributed by atoms with Crippen molar-refractivity contribution in [3.63, 3.8) is 0 Å². The minimum atomic E-state index is -0.419. The largest absolute Gasteiger partial charge is 0.457 e. The van der Waals surface area contributed by atoms with Gasteiger partial charge in [-0.2, -0.15) is 0 Å². The number of hydrogen-bond acceptors (Lipinski definition) is 4. The first kappa shape index (κ1) is 18.6. The Balaban J connectivity index is 1.95. The van der Waals surface area contributed by atoms with Gasteiger partial charge < -0.3 is 9.72 Å². The SMILES string of the molecule is CC(=O)c1c(C)[nH]c(C(=O)COC(=O)C[C@@H](C)c2ccccc2)c1C. The van der Waals surface area contributed by atoms with E-state index in [4.69, 9.17) is 4.74 Å². The Hall–Kier alpha value is -2.69. The van der Waals surface area contributed by atoms with Crippen molar-refractivity contribution in [2.45, 2.75) is 40.0 Å². The molecule has 5 heteroatoms. The van der Waals surface area contributed by atoms with E-state index in [9.17, 15) is 14.4 Å². The number of ether oxygens (including phenoxy) is 1. The Morgan fingerprint density at radius 1 is 1.12 bits per heavy atom. The fraction of sp³-hybridized carbons (Fsp3) is 0.350. The lowest BCUT2D eigenvalue weighted by Gasteiger charge is -2.11. The average molecular weight is 341 g/mol. The summed E-state index contributed by atoms with van der Waals surface area (Å²) in [4.78, 5) is 38.8. The zero-order valence-electron chi connectivity index (χ0n) is 15.0. The Labute approximate surface area is 147 Å². The molecule has 0 bridgehead atoms. The van der Waals surface area contributed by atoms with E-state index < -0.39 is 5.97 Å². The Bertz CT molecular complexity index is 790. The van der Waals surface area contributed by atoms with E-state index in [1.807, 2.05) is 37.3 Å². The lowest BCUT2D eigenvalue weighted by molar-refractivity contribution is -0.142. The maximum Gasteiger partial charge on any atom is 0.306 e. The second kappa shape index (κ2) is 7.92. The lowest BCUT2D eigenvalue weighted by Crippen LogP contribution is -2.16. The van der Waals surface area contributed by atoms with Crippen LogP contribution in [0.3, 0.4) is 0 Å². The number of benzene rings is 1. The van der Waals surface area contributed by atoms with Gasteiger partial charge in [0.15, 0.2) is 12.4 Å². The molecule has 0 radical (unpaired) electrons. The fourth-order valence-corrected chi connectivity index (χ4v) is 2.98. The van der Waals surface area contributed by atoms with E-state index >= 15 is 0 Å². The molecule has 0 aliphatic rings. The highest BCUT2D eigenvalue weighted by Gasteiger charge is 2.21. The molecule has 2 aromatic rings. The molecule has 0 aliphatic carbocycles. The predicted octanol–water partition coefficient (Wildman–Crippen LogP) is 3.75. The van der Waals surface area contributed by atoms with Crippen molar-refractivity contribution in [2.75, 3.05) is 6.61 Å². The Morgan fingerprint density at radius 3 is 2.32 bits per heavy atom. The fourth-order valence-electron chi connectivity index (χ4n) is 2.98. The van der Waals surface area contributed by atoms with E-state index in [1.54, 1.807) is 13.8 Å². The van der Waals surface area contributed by atoms with Crippen LogP contribution in [0.2, 0.25) is 0 Å². The van der Waals surface area contributed by atoms with Crippen LogP contribution in [0.4, 0.5) is 0 Å². The van der Waals surface area contributed by atoms with Gasteiger partial charge in [0.1, 0.15) is 0 Å². The number of carbonyl (C=O) groups is 3. The molecule has 0 unspecified atom stereocenters. The third kappa shape index (κ3) is 4.44. The molecular formula is C20H23NO4. The smallest absolute Gasteiger partial charge is 0.306 e. The maximum atomic E-state index is 12.3. The monoisotopic (exact) mass is 341 g/mol. The van der Waals surface area contributed by atoms with Gasteiger partial charge >= 0.3 is 5.97 Å². The normalized spacial score (nSPS) is 11.8.